The summed E-state index contributed by atoms with van der Waals surface area (Å²) in [5.74, 6) is -4.79. The summed E-state index contributed by atoms with van der Waals surface area (Å²) in [5, 5.41) is 16.9. The molecule has 0 radical (unpaired) electrons. The SMILES string of the molecule is CC(=O)N(C(=O)CNC(=O)CNC(=O)CNC=O)C(C)C(=O)NCC(=O)NO. The smallest absolute Gasteiger partial charge is 0.262 e. The first-order chi connectivity index (χ1) is 13.1. The molecule has 0 aromatic rings. The first-order valence-corrected chi connectivity index (χ1v) is 7.87. The number of rotatable bonds is 11. The van der Waals surface area contributed by atoms with E-state index in [0.29, 0.717) is 11.3 Å². The Hall–Kier alpha value is -3.55. The lowest BCUT2D eigenvalue weighted by molar-refractivity contribution is -0.150. The van der Waals surface area contributed by atoms with E-state index < -0.39 is 61.1 Å². The van der Waals surface area contributed by atoms with Crippen LogP contribution in [0.3, 0.4) is 0 Å². The minimum atomic E-state index is -1.29. The number of hydrogen-bond acceptors (Lipinski definition) is 8. The number of hydroxylamine groups is 1. The summed E-state index contributed by atoms with van der Waals surface area (Å²) in [6.45, 7) is 0.260. The molecule has 1 atom stereocenters. The van der Waals surface area contributed by atoms with Crippen molar-refractivity contribution < 1.29 is 38.8 Å². The van der Waals surface area contributed by atoms with E-state index >= 15 is 0 Å². The van der Waals surface area contributed by atoms with Gasteiger partial charge in [-0.25, -0.2) is 5.48 Å². The molecule has 0 aliphatic carbocycles. The lowest BCUT2D eigenvalue weighted by atomic mass is 10.2. The summed E-state index contributed by atoms with van der Waals surface area (Å²) in [4.78, 5) is 80.1. The maximum absolute atomic E-state index is 12.2. The van der Waals surface area contributed by atoms with Crippen LogP contribution < -0.4 is 26.7 Å². The van der Waals surface area contributed by atoms with Crippen LogP contribution >= 0.6 is 0 Å². The number of hydrogen-bond donors (Lipinski definition) is 6. The van der Waals surface area contributed by atoms with Crippen LogP contribution in [0.15, 0.2) is 0 Å². The molecule has 0 aromatic carbocycles. The van der Waals surface area contributed by atoms with Gasteiger partial charge in [-0.05, 0) is 6.92 Å². The number of nitrogens with zero attached hydrogens (tertiary/aromatic N) is 1. The third-order valence-corrected chi connectivity index (χ3v) is 3.15. The molecule has 14 heteroatoms. The highest BCUT2D eigenvalue weighted by Crippen LogP contribution is 2.01. The number of imide groups is 1. The minimum absolute atomic E-state index is 0.308. The first kappa shape index (κ1) is 24.5. The summed E-state index contributed by atoms with van der Waals surface area (Å²) >= 11 is 0. The number of amides is 7. The second-order valence-electron chi connectivity index (χ2n) is 5.26. The number of carbonyl (C=O) groups is 7. The molecule has 0 saturated heterocycles. The van der Waals surface area contributed by atoms with Crippen molar-refractivity contribution in [3.63, 3.8) is 0 Å². The Morgan fingerprint density at radius 3 is 1.96 bits per heavy atom. The van der Waals surface area contributed by atoms with Crippen LogP contribution in [0, 0.1) is 0 Å². The van der Waals surface area contributed by atoms with Crippen LogP contribution in [-0.2, 0) is 33.6 Å². The Morgan fingerprint density at radius 2 is 1.43 bits per heavy atom. The fourth-order valence-electron chi connectivity index (χ4n) is 1.83. The van der Waals surface area contributed by atoms with Crippen molar-refractivity contribution in [3.05, 3.63) is 0 Å². The zero-order valence-electron chi connectivity index (χ0n) is 15.2. The van der Waals surface area contributed by atoms with E-state index in [1.165, 1.54) is 12.4 Å². The molecule has 14 nitrogen and oxygen atoms in total. The van der Waals surface area contributed by atoms with Crippen LogP contribution in [0.25, 0.3) is 0 Å². The van der Waals surface area contributed by atoms with Gasteiger partial charge in [0.15, 0.2) is 0 Å². The molecule has 0 aromatic heterocycles. The van der Waals surface area contributed by atoms with Gasteiger partial charge >= 0.3 is 0 Å². The molecule has 0 aliphatic heterocycles. The highest BCUT2D eigenvalue weighted by Gasteiger charge is 2.29. The van der Waals surface area contributed by atoms with Crippen LogP contribution in [0.5, 0.6) is 0 Å². The molecule has 1 unspecified atom stereocenters. The summed E-state index contributed by atoms with van der Waals surface area (Å²) < 4.78 is 0. The minimum Gasteiger partial charge on any atom is -0.350 e. The molecule has 6 N–H and O–H groups in total. The van der Waals surface area contributed by atoms with Gasteiger partial charge in [0.25, 0.3) is 5.91 Å². The molecule has 0 spiro atoms. The number of nitrogens with one attached hydrogen (secondary N) is 5. The largest absolute Gasteiger partial charge is 0.350 e. The highest BCUT2D eigenvalue weighted by molar-refractivity contribution is 6.01. The standard InChI is InChI=1S/C14H22N6O8/c1-8(14(27)18-5-12(25)19-28)20(9(2)22)13(26)6-17-11(24)4-16-10(23)3-15-7-21/h7-8,28H,3-6H2,1-2H3,(H,15,21)(H,16,23)(H,17,24)(H,18,27)(H,19,25). The Bertz CT molecular complexity index is 637. The van der Waals surface area contributed by atoms with Crippen LogP contribution in [-0.4, -0.2) is 84.2 Å². The molecule has 0 heterocycles. The summed E-state index contributed by atoms with van der Waals surface area (Å²) in [7, 11) is 0. The number of carbonyl (C=O) groups excluding carboxylic acids is 7. The Labute approximate surface area is 159 Å². The Kier molecular flexibility index (Phi) is 11.1. The van der Waals surface area contributed by atoms with Gasteiger partial charge in [-0.3, -0.25) is 43.7 Å². The molecule has 28 heavy (non-hydrogen) atoms. The van der Waals surface area contributed by atoms with Crippen molar-refractivity contribution in [1.29, 1.82) is 0 Å². The lowest BCUT2D eigenvalue weighted by Crippen LogP contribution is -2.54. The fourth-order valence-corrected chi connectivity index (χ4v) is 1.83. The predicted octanol–water partition coefficient (Wildman–Crippen LogP) is -4.65. The van der Waals surface area contributed by atoms with Gasteiger partial charge in [0.2, 0.25) is 35.9 Å². The maximum Gasteiger partial charge on any atom is 0.262 e. The van der Waals surface area contributed by atoms with E-state index in [1.54, 1.807) is 0 Å². The van der Waals surface area contributed by atoms with E-state index in [0.717, 1.165) is 6.92 Å². The van der Waals surface area contributed by atoms with Gasteiger partial charge in [0.05, 0.1) is 26.2 Å². The van der Waals surface area contributed by atoms with Crippen LogP contribution in [0.1, 0.15) is 13.8 Å². The zero-order chi connectivity index (χ0) is 21.7. The quantitative estimate of drug-likeness (QED) is 0.112. The molecule has 156 valence electrons. The summed E-state index contributed by atoms with van der Waals surface area (Å²) in [5.41, 5.74) is 1.30. The van der Waals surface area contributed by atoms with Gasteiger partial charge in [0.1, 0.15) is 6.04 Å². The highest BCUT2D eigenvalue weighted by atomic mass is 16.5. The van der Waals surface area contributed by atoms with E-state index in [2.05, 4.69) is 21.3 Å². The molecular formula is C14H22N6O8. The average Bonchev–Trinajstić information content (AvgIpc) is 2.66. The van der Waals surface area contributed by atoms with Gasteiger partial charge < -0.3 is 21.3 Å². The molecule has 0 bridgehead atoms. The van der Waals surface area contributed by atoms with Crippen molar-refractivity contribution in [3.8, 4) is 0 Å². The maximum atomic E-state index is 12.2. The van der Waals surface area contributed by atoms with E-state index in [1.807, 2.05) is 0 Å². The van der Waals surface area contributed by atoms with Crippen LogP contribution in [0.4, 0.5) is 0 Å². The van der Waals surface area contributed by atoms with Gasteiger partial charge in [0, 0.05) is 6.92 Å². The van der Waals surface area contributed by atoms with Gasteiger partial charge in [-0.2, -0.15) is 0 Å². The molecular weight excluding hydrogens is 380 g/mol. The van der Waals surface area contributed by atoms with E-state index in [9.17, 15) is 33.6 Å². The van der Waals surface area contributed by atoms with E-state index in [4.69, 9.17) is 5.21 Å². The molecule has 0 aliphatic rings. The topological polar surface area (TPSA) is 203 Å². The molecule has 0 rings (SSSR count). The van der Waals surface area contributed by atoms with Crippen molar-refractivity contribution in [2.45, 2.75) is 19.9 Å². The van der Waals surface area contributed by atoms with Crippen molar-refractivity contribution in [1.82, 2.24) is 31.6 Å². The normalized spacial score (nSPS) is 10.7. The van der Waals surface area contributed by atoms with Gasteiger partial charge in [-0.15, -0.1) is 0 Å². The fraction of sp³-hybridized carbons (Fsp3) is 0.500. The van der Waals surface area contributed by atoms with Crippen molar-refractivity contribution in [2.24, 2.45) is 0 Å². The Balaban J connectivity index is 4.61. The third kappa shape index (κ3) is 9.23. The van der Waals surface area contributed by atoms with E-state index in [-0.39, 0.29) is 6.54 Å². The third-order valence-electron chi connectivity index (χ3n) is 3.15. The van der Waals surface area contributed by atoms with Crippen molar-refractivity contribution >= 4 is 41.9 Å². The predicted molar refractivity (Wildman–Crippen MR) is 90.0 cm³/mol. The lowest BCUT2D eigenvalue weighted by Gasteiger charge is -2.25. The molecule has 0 saturated carbocycles. The van der Waals surface area contributed by atoms with Gasteiger partial charge in [-0.1, -0.05) is 0 Å². The Morgan fingerprint density at radius 1 is 0.893 bits per heavy atom. The summed E-state index contributed by atoms with van der Waals surface area (Å²) in [6.07, 6.45) is 0.308. The molecule has 0 fully saturated rings. The zero-order valence-corrected chi connectivity index (χ0v) is 15.2. The van der Waals surface area contributed by atoms with Crippen LogP contribution in [0.2, 0.25) is 0 Å². The second kappa shape index (κ2) is 12.7. The monoisotopic (exact) mass is 402 g/mol. The first-order valence-electron chi connectivity index (χ1n) is 7.87. The molecule has 7 amide bonds. The average molecular weight is 402 g/mol. The van der Waals surface area contributed by atoms with Crippen molar-refractivity contribution in [2.75, 3.05) is 26.2 Å². The summed E-state index contributed by atoms with van der Waals surface area (Å²) in [6, 6.07) is -1.29. The second-order valence-corrected chi connectivity index (χ2v) is 5.26.